The molecule has 1 aliphatic heterocycles. The monoisotopic (exact) mass is 293 g/mol. The molecular weight excluding hydrogens is 281 g/mol. The van der Waals surface area contributed by atoms with Crippen molar-refractivity contribution in [2.45, 2.75) is 19.9 Å². The third kappa shape index (κ3) is 2.67. The number of fused-ring (bicyclic) bond motifs is 1. The average molecular weight is 294 g/mol. The molecule has 5 heteroatoms. The second kappa shape index (κ2) is 4.99. The van der Waals surface area contributed by atoms with E-state index in [1.807, 2.05) is 25.1 Å². The van der Waals surface area contributed by atoms with Gasteiger partial charge >= 0.3 is 0 Å². The fraction of sp³-hybridized carbons (Fsp3) is 0.286. The number of aryl methyl sites for hydroxylation is 1. The van der Waals surface area contributed by atoms with E-state index in [4.69, 9.17) is 23.2 Å². The molecule has 0 spiro atoms. The SMILES string of the molecule is Cc1nc(Cl)cc(N2CCc3cc(Cl)ccc3C2)n1. The smallest absolute Gasteiger partial charge is 0.134 e. The van der Waals surface area contributed by atoms with E-state index < -0.39 is 0 Å². The van der Waals surface area contributed by atoms with Crippen LogP contribution in [0.4, 0.5) is 5.82 Å². The van der Waals surface area contributed by atoms with E-state index in [1.54, 1.807) is 0 Å². The van der Waals surface area contributed by atoms with Crippen LogP contribution in [0.3, 0.4) is 0 Å². The van der Waals surface area contributed by atoms with Crippen molar-refractivity contribution in [3.63, 3.8) is 0 Å². The van der Waals surface area contributed by atoms with Crippen LogP contribution in [0, 0.1) is 6.92 Å². The molecule has 0 radical (unpaired) electrons. The number of hydrogen-bond donors (Lipinski definition) is 0. The highest BCUT2D eigenvalue weighted by Gasteiger charge is 2.18. The highest BCUT2D eigenvalue weighted by molar-refractivity contribution is 6.30. The Morgan fingerprint density at radius 2 is 1.95 bits per heavy atom. The molecule has 98 valence electrons. The highest BCUT2D eigenvalue weighted by atomic mass is 35.5. The van der Waals surface area contributed by atoms with Gasteiger partial charge in [0.2, 0.25) is 0 Å². The van der Waals surface area contributed by atoms with E-state index in [-0.39, 0.29) is 0 Å². The normalized spacial score (nSPS) is 14.4. The first kappa shape index (κ1) is 12.7. The lowest BCUT2D eigenvalue weighted by Crippen LogP contribution is -2.31. The van der Waals surface area contributed by atoms with Crippen LogP contribution in [-0.4, -0.2) is 16.5 Å². The van der Waals surface area contributed by atoms with Gasteiger partial charge in [-0.2, -0.15) is 0 Å². The van der Waals surface area contributed by atoms with Gasteiger partial charge in [-0.3, -0.25) is 0 Å². The van der Waals surface area contributed by atoms with Crippen LogP contribution in [0.5, 0.6) is 0 Å². The zero-order valence-electron chi connectivity index (χ0n) is 10.5. The third-order valence-corrected chi connectivity index (χ3v) is 3.73. The Morgan fingerprint density at radius 3 is 2.74 bits per heavy atom. The Hall–Kier alpha value is -1.32. The van der Waals surface area contributed by atoms with Crippen molar-refractivity contribution >= 4 is 29.0 Å². The van der Waals surface area contributed by atoms with Crippen molar-refractivity contribution in [3.8, 4) is 0 Å². The minimum atomic E-state index is 0.490. The zero-order chi connectivity index (χ0) is 13.4. The van der Waals surface area contributed by atoms with Gasteiger partial charge in [0.25, 0.3) is 0 Å². The second-order valence-corrected chi connectivity index (χ2v) is 5.50. The standard InChI is InChI=1S/C14H13Cl2N3/c1-9-17-13(16)7-14(18-9)19-5-4-10-6-12(15)3-2-11(10)8-19/h2-3,6-7H,4-5,8H2,1H3. The van der Waals surface area contributed by atoms with Crippen LogP contribution in [0.25, 0.3) is 0 Å². The molecule has 0 amide bonds. The quantitative estimate of drug-likeness (QED) is 0.752. The maximum Gasteiger partial charge on any atom is 0.134 e. The van der Waals surface area contributed by atoms with Crippen LogP contribution >= 0.6 is 23.2 Å². The first-order valence-electron chi connectivity index (χ1n) is 6.15. The van der Waals surface area contributed by atoms with E-state index in [9.17, 15) is 0 Å². The molecule has 3 rings (SSSR count). The van der Waals surface area contributed by atoms with Crippen molar-refractivity contribution in [1.82, 2.24) is 9.97 Å². The molecular formula is C14H13Cl2N3. The maximum absolute atomic E-state index is 6.02. The predicted octanol–water partition coefficient (Wildman–Crippen LogP) is 3.65. The predicted molar refractivity (Wildman–Crippen MR) is 78.0 cm³/mol. The first-order chi connectivity index (χ1) is 9.11. The van der Waals surface area contributed by atoms with Crippen molar-refractivity contribution < 1.29 is 0 Å². The molecule has 0 unspecified atom stereocenters. The van der Waals surface area contributed by atoms with Gasteiger partial charge in [-0.05, 0) is 36.6 Å². The fourth-order valence-electron chi connectivity index (χ4n) is 2.40. The van der Waals surface area contributed by atoms with Gasteiger partial charge in [0, 0.05) is 24.2 Å². The van der Waals surface area contributed by atoms with Crippen molar-refractivity contribution in [2.24, 2.45) is 0 Å². The van der Waals surface area contributed by atoms with E-state index in [2.05, 4.69) is 20.9 Å². The summed E-state index contributed by atoms with van der Waals surface area (Å²) in [7, 11) is 0. The minimum Gasteiger partial charge on any atom is -0.352 e. The molecule has 1 aliphatic rings. The zero-order valence-corrected chi connectivity index (χ0v) is 12.0. The van der Waals surface area contributed by atoms with Crippen LogP contribution in [0.15, 0.2) is 24.3 Å². The molecule has 0 N–H and O–H groups in total. The molecule has 1 aromatic carbocycles. The number of hydrogen-bond acceptors (Lipinski definition) is 3. The summed E-state index contributed by atoms with van der Waals surface area (Å²) < 4.78 is 0. The fourth-order valence-corrected chi connectivity index (χ4v) is 2.81. The number of rotatable bonds is 1. The van der Waals surface area contributed by atoms with Gasteiger partial charge in [-0.25, -0.2) is 9.97 Å². The lowest BCUT2D eigenvalue weighted by Gasteiger charge is -2.30. The summed E-state index contributed by atoms with van der Waals surface area (Å²) in [5.74, 6) is 1.59. The average Bonchev–Trinajstić information content (AvgIpc) is 2.37. The summed E-state index contributed by atoms with van der Waals surface area (Å²) in [5, 5.41) is 1.29. The maximum atomic E-state index is 6.02. The minimum absolute atomic E-state index is 0.490. The van der Waals surface area contributed by atoms with Crippen LogP contribution in [0.1, 0.15) is 17.0 Å². The van der Waals surface area contributed by atoms with Crippen molar-refractivity contribution in [1.29, 1.82) is 0 Å². The molecule has 3 nitrogen and oxygen atoms in total. The Kier molecular flexibility index (Phi) is 3.33. The van der Waals surface area contributed by atoms with E-state index in [0.717, 1.165) is 30.4 Å². The largest absolute Gasteiger partial charge is 0.352 e. The van der Waals surface area contributed by atoms with Gasteiger partial charge in [-0.1, -0.05) is 29.3 Å². The Bertz CT molecular complexity index is 608. The molecule has 0 aliphatic carbocycles. The number of nitrogens with zero attached hydrogens (tertiary/aromatic N) is 3. The highest BCUT2D eigenvalue weighted by Crippen LogP contribution is 2.26. The Balaban J connectivity index is 1.91. The lowest BCUT2D eigenvalue weighted by molar-refractivity contribution is 0.717. The number of benzene rings is 1. The summed E-state index contributed by atoms with van der Waals surface area (Å²) in [6.07, 6.45) is 0.969. The molecule has 2 aromatic rings. The van der Waals surface area contributed by atoms with E-state index >= 15 is 0 Å². The molecule has 1 aromatic heterocycles. The van der Waals surface area contributed by atoms with E-state index in [1.165, 1.54) is 11.1 Å². The molecule has 19 heavy (non-hydrogen) atoms. The van der Waals surface area contributed by atoms with Gasteiger partial charge in [0.1, 0.15) is 16.8 Å². The molecule has 0 saturated carbocycles. The topological polar surface area (TPSA) is 29.0 Å². The lowest BCUT2D eigenvalue weighted by atomic mass is 10.00. The van der Waals surface area contributed by atoms with Crippen LogP contribution in [-0.2, 0) is 13.0 Å². The van der Waals surface area contributed by atoms with Crippen LogP contribution < -0.4 is 4.90 Å². The Morgan fingerprint density at radius 1 is 1.11 bits per heavy atom. The van der Waals surface area contributed by atoms with Gasteiger partial charge < -0.3 is 4.90 Å². The summed E-state index contributed by atoms with van der Waals surface area (Å²) in [6.45, 7) is 3.60. The summed E-state index contributed by atoms with van der Waals surface area (Å²) in [6, 6.07) is 7.88. The number of halogens is 2. The van der Waals surface area contributed by atoms with Gasteiger partial charge in [0.15, 0.2) is 0 Å². The number of anilines is 1. The summed E-state index contributed by atoms with van der Waals surface area (Å²) in [4.78, 5) is 10.8. The van der Waals surface area contributed by atoms with Crippen LogP contribution in [0.2, 0.25) is 10.2 Å². The van der Waals surface area contributed by atoms with Crippen molar-refractivity contribution in [2.75, 3.05) is 11.4 Å². The first-order valence-corrected chi connectivity index (χ1v) is 6.91. The molecule has 0 fully saturated rings. The van der Waals surface area contributed by atoms with Gasteiger partial charge in [0.05, 0.1) is 0 Å². The molecule has 0 saturated heterocycles. The van der Waals surface area contributed by atoms with Crippen molar-refractivity contribution in [3.05, 3.63) is 51.4 Å². The third-order valence-electron chi connectivity index (χ3n) is 3.30. The second-order valence-electron chi connectivity index (χ2n) is 4.68. The molecule has 2 heterocycles. The summed E-state index contributed by atoms with van der Waals surface area (Å²) >= 11 is 12.0. The number of aromatic nitrogens is 2. The molecule has 0 atom stereocenters. The Labute approximate surface area is 122 Å². The van der Waals surface area contributed by atoms with Gasteiger partial charge in [-0.15, -0.1) is 0 Å². The summed E-state index contributed by atoms with van der Waals surface area (Å²) in [5.41, 5.74) is 2.61. The van der Waals surface area contributed by atoms with E-state index in [0.29, 0.717) is 11.0 Å². The molecule has 0 bridgehead atoms.